The summed E-state index contributed by atoms with van der Waals surface area (Å²) in [4.78, 5) is 14.2. The summed E-state index contributed by atoms with van der Waals surface area (Å²) >= 11 is 0. The summed E-state index contributed by atoms with van der Waals surface area (Å²) in [5, 5.41) is 3.44. The van der Waals surface area contributed by atoms with E-state index in [2.05, 4.69) is 24.1 Å². The van der Waals surface area contributed by atoms with E-state index in [9.17, 15) is 4.79 Å². The van der Waals surface area contributed by atoms with E-state index in [4.69, 9.17) is 0 Å². The lowest BCUT2D eigenvalue weighted by molar-refractivity contribution is -0.128. The maximum absolute atomic E-state index is 12.1. The minimum atomic E-state index is 0.368. The van der Waals surface area contributed by atoms with E-state index in [0.29, 0.717) is 23.8 Å². The van der Waals surface area contributed by atoms with E-state index >= 15 is 0 Å². The standard InChI is InChI=1S/C15H28N2O/c1-11(2)13-8-15(18)17(9-13)10-14(16-3)12-6-4-5-7-12/h11-14,16H,4-10H2,1-3H3. The number of likely N-dealkylation sites (N-methyl/N-ethyl adjacent to an activating group) is 1. The second-order valence-electron chi connectivity index (χ2n) is 6.45. The molecule has 18 heavy (non-hydrogen) atoms. The number of hydrogen-bond acceptors (Lipinski definition) is 2. The molecular formula is C15H28N2O. The first-order chi connectivity index (χ1) is 8.61. The number of nitrogens with zero attached hydrogens (tertiary/aromatic N) is 1. The molecule has 1 aliphatic carbocycles. The molecule has 1 amide bonds. The van der Waals surface area contributed by atoms with Gasteiger partial charge in [0.05, 0.1) is 0 Å². The van der Waals surface area contributed by atoms with Crippen LogP contribution in [0.4, 0.5) is 0 Å². The highest BCUT2D eigenvalue weighted by atomic mass is 16.2. The Morgan fingerprint density at radius 3 is 2.44 bits per heavy atom. The van der Waals surface area contributed by atoms with Crippen LogP contribution in [-0.2, 0) is 4.79 Å². The largest absolute Gasteiger partial charge is 0.341 e. The molecule has 2 atom stereocenters. The minimum absolute atomic E-state index is 0.368. The molecule has 0 aromatic heterocycles. The van der Waals surface area contributed by atoms with Crippen LogP contribution in [0.2, 0.25) is 0 Å². The first-order valence-corrected chi connectivity index (χ1v) is 7.57. The van der Waals surface area contributed by atoms with E-state index in [1.165, 1.54) is 25.7 Å². The molecule has 0 aromatic carbocycles. The van der Waals surface area contributed by atoms with Crippen molar-refractivity contribution in [3.05, 3.63) is 0 Å². The van der Waals surface area contributed by atoms with Gasteiger partial charge >= 0.3 is 0 Å². The van der Waals surface area contributed by atoms with Crippen molar-refractivity contribution in [2.75, 3.05) is 20.1 Å². The van der Waals surface area contributed by atoms with Crippen LogP contribution >= 0.6 is 0 Å². The Kier molecular flexibility index (Phi) is 4.66. The summed E-state index contributed by atoms with van der Waals surface area (Å²) in [7, 11) is 2.05. The van der Waals surface area contributed by atoms with Crippen LogP contribution in [0.5, 0.6) is 0 Å². The van der Waals surface area contributed by atoms with Crippen LogP contribution in [0.3, 0.4) is 0 Å². The number of nitrogens with one attached hydrogen (secondary N) is 1. The molecule has 0 aromatic rings. The number of hydrogen-bond donors (Lipinski definition) is 1. The molecule has 1 aliphatic heterocycles. The second-order valence-corrected chi connectivity index (χ2v) is 6.45. The highest BCUT2D eigenvalue weighted by molar-refractivity contribution is 5.78. The van der Waals surface area contributed by atoms with Crippen LogP contribution in [0.1, 0.15) is 46.0 Å². The lowest BCUT2D eigenvalue weighted by Crippen LogP contribution is -2.44. The smallest absolute Gasteiger partial charge is 0.222 e. The van der Waals surface area contributed by atoms with Gasteiger partial charge in [-0.2, -0.15) is 0 Å². The van der Waals surface area contributed by atoms with Gasteiger partial charge < -0.3 is 10.2 Å². The first-order valence-electron chi connectivity index (χ1n) is 7.57. The van der Waals surface area contributed by atoms with Gasteiger partial charge in [0.25, 0.3) is 0 Å². The Morgan fingerprint density at radius 2 is 1.94 bits per heavy atom. The molecule has 1 saturated heterocycles. The summed E-state index contributed by atoms with van der Waals surface area (Å²) in [6.45, 7) is 6.35. The molecule has 1 saturated carbocycles. The Labute approximate surface area is 111 Å². The van der Waals surface area contributed by atoms with Crippen molar-refractivity contribution in [2.45, 2.75) is 52.0 Å². The van der Waals surface area contributed by atoms with Crippen LogP contribution in [0, 0.1) is 17.8 Å². The Bertz CT molecular complexity index is 284. The lowest BCUT2D eigenvalue weighted by Gasteiger charge is -2.28. The molecule has 3 nitrogen and oxygen atoms in total. The van der Waals surface area contributed by atoms with E-state index in [1.807, 2.05) is 7.05 Å². The van der Waals surface area contributed by atoms with Gasteiger partial charge in [-0.05, 0) is 37.6 Å². The molecule has 3 heteroatoms. The molecule has 2 aliphatic rings. The third kappa shape index (κ3) is 3.05. The third-order valence-corrected chi connectivity index (χ3v) is 4.94. The summed E-state index contributed by atoms with van der Waals surface area (Å²) in [6, 6.07) is 0.502. The topological polar surface area (TPSA) is 32.3 Å². The van der Waals surface area contributed by atoms with Crippen LogP contribution in [0.15, 0.2) is 0 Å². The van der Waals surface area contributed by atoms with Gasteiger partial charge in [0, 0.05) is 25.6 Å². The Hall–Kier alpha value is -0.570. The van der Waals surface area contributed by atoms with E-state index in [-0.39, 0.29) is 0 Å². The van der Waals surface area contributed by atoms with Gasteiger partial charge in [-0.1, -0.05) is 26.7 Å². The fraction of sp³-hybridized carbons (Fsp3) is 0.933. The van der Waals surface area contributed by atoms with Crippen molar-refractivity contribution in [3.63, 3.8) is 0 Å². The highest BCUT2D eigenvalue weighted by Crippen LogP contribution is 2.30. The van der Waals surface area contributed by atoms with Crippen LogP contribution in [-0.4, -0.2) is 37.0 Å². The first kappa shape index (κ1) is 13.9. The molecule has 0 bridgehead atoms. The van der Waals surface area contributed by atoms with Gasteiger partial charge in [-0.25, -0.2) is 0 Å². The zero-order valence-corrected chi connectivity index (χ0v) is 12.1. The van der Waals surface area contributed by atoms with E-state index in [1.54, 1.807) is 0 Å². The van der Waals surface area contributed by atoms with Gasteiger partial charge in [0.2, 0.25) is 5.91 Å². The number of carbonyl (C=O) groups excluding carboxylic acids is 1. The van der Waals surface area contributed by atoms with E-state index in [0.717, 1.165) is 25.4 Å². The zero-order chi connectivity index (χ0) is 13.1. The van der Waals surface area contributed by atoms with Crippen molar-refractivity contribution in [2.24, 2.45) is 17.8 Å². The SMILES string of the molecule is CNC(CN1CC(C(C)C)CC1=O)C1CCCC1. The summed E-state index contributed by atoms with van der Waals surface area (Å²) in [6.07, 6.45) is 6.16. The van der Waals surface area contributed by atoms with Crippen molar-refractivity contribution >= 4 is 5.91 Å². The molecule has 2 unspecified atom stereocenters. The zero-order valence-electron chi connectivity index (χ0n) is 12.1. The molecular weight excluding hydrogens is 224 g/mol. The summed E-state index contributed by atoms with van der Waals surface area (Å²) in [5.74, 6) is 2.34. The average molecular weight is 252 g/mol. The normalized spacial score (nSPS) is 27.4. The van der Waals surface area contributed by atoms with Crippen molar-refractivity contribution in [1.29, 1.82) is 0 Å². The molecule has 104 valence electrons. The van der Waals surface area contributed by atoms with Gasteiger partial charge in [-0.15, -0.1) is 0 Å². The second kappa shape index (κ2) is 6.05. The van der Waals surface area contributed by atoms with Crippen LogP contribution in [0.25, 0.3) is 0 Å². The predicted octanol–water partition coefficient (Wildman–Crippen LogP) is 2.27. The Morgan fingerprint density at radius 1 is 1.28 bits per heavy atom. The quantitative estimate of drug-likeness (QED) is 0.814. The highest BCUT2D eigenvalue weighted by Gasteiger charge is 2.34. The number of amides is 1. The number of carbonyl (C=O) groups is 1. The maximum Gasteiger partial charge on any atom is 0.222 e. The molecule has 2 fully saturated rings. The lowest BCUT2D eigenvalue weighted by atomic mass is 9.95. The third-order valence-electron chi connectivity index (χ3n) is 4.94. The minimum Gasteiger partial charge on any atom is -0.341 e. The maximum atomic E-state index is 12.1. The molecule has 1 N–H and O–H groups in total. The fourth-order valence-corrected chi connectivity index (χ4v) is 3.50. The summed E-state index contributed by atoms with van der Waals surface area (Å²) in [5.41, 5.74) is 0. The van der Waals surface area contributed by atoms with Crippen molar-refractivity contribution < 1.29 is 4.79 Å². The number of rotatable bonds is 5. The Balaban J connectivity index is 1.89. The van der Waals surface area contributed by atoms with Gasteiger partial charge in [0.15, 0.2) is 0 Å². The van der Waals surface area contributed by atoms with E-state index < -0.39 is 0 Å². The summed E-state index contributed by atoms with van der Waals surface area (Å²) < 4.78 is 0. The molecule has 2 rings (SSSR count). The molecule has 1 heterocycles. The van der Waals surface area contributed by atoms with Crippen molar-refractivity contribution in [3.8, 4) is 0 Å². The molecule has 0 radical (unpaired) electrons. The predicted molar refractivity (Wildman–Crippen MR) is 74.3 cm³/mol. The average Bonchev–Trinajstić information content (AvgIpc) is 2.96. The number of likely N-dealkylation sites (tertiary alicyclic amines) is 1. The molecule has 0 spiro atoms. The van der Waals surface area contributed by atoms with Gasteiger partial charge in [-0.3, -0.25) is 4.79 Å². The fourth-order valence-electron chi connectivity index (χ4n) is 3.50. The monoisotopic (exact) mass is 252 g/mol. The van der Waals surface area contributed by atoms with Gasteiger partial charge in [0.1, 0.15) is 0 Å². The van der Waals surface area contributed by atoms with Crippen molar-refractivity contribution in [1.82, 2.24) is 10.2 Å². The van der Waals surface area contributed by atoms with Crippen LogP contribution < -0.4 is 5.32 Å².